The number of hydrogen-bond acceptors (Lipinski definition) is 3. The molecule has 6 heteroatoms. The molecule has 0 unspecified atom stereocenters. The second-order valence-corrected chi connectivity index (χ2v) is 4.15. The van der Waals surface area contributed by atoms with Crippen molar-refractivity contribution in [2.24, 2.45) is 0 Å². The molecule has 0 saturated carbocycles. The number of aromatic nitrogens is 1. The van der Waals surface area contributed by atoms with E-state index in [1.807, 2.05) is 0 Å². The van der Waals surface area contributed by atoms with Gasteiger partial charge in [-0.2, -0.15) is 0 Å². The van der Waals surface area contributed by atoms with Crippen LogP contribution in [0.15, 0.2) is 36.5 Å². The third-order valence-corrected chi connectivity index (χ3v) is 2.70. The summed E-state index contributed by atoms with van der Waals surface area (Å²) < 4.78 is 12.8. The maximum atomic E-state index is 12.8. The van der Waals surface area contributed by atoms with E-state index in [0.717, 1.165) is 5.56 Å². The lowest BCUT2D eigenvalue weighted by Gasteiger charge is -2.05. The minimum absolute atomic E-state index is 0.341. The van der Waals surface area contributed by atoms with Gasteiger partial charge in [0, 0.05) is 6.20 Å². The van der Waals surface area contributed by atoms with Gasteiger partial charge in [-0.25, -0.2) is 19.0 Å². The van der Waals surface area contributed by atoms with Gasteiger partial charge in [0.15, 0.2) is 5.69 Å². The number of halogens is 1. The van der Waals surface area contributed by atoms with Gasteiger partial charge in [0.1, 0.15) is 5.82 Å². The van der Waals surface area contributed by atoms with Gasteiger partial charge < -0.3 is 10.2 Å². The first kappa shape index (κ1) is 13.7. The zero-order valence-corrected chi connectivity index (χ0v) is 10.2. The van der Waals surface area contributed by atoms with Crippen LogP contribution in [0.4, 0.5) is 4.39 Å². The van der Waals surface area contributed by atoms with E-state index in [4.69, 9.17) is 10.2 Å². The second kappa shape index (κ2) is 5.48. The molecule has 0 atom stereocenters. The number of benzene rings is 1. The number of rotatable bonds is 4. The van der Waals surface area contributed by atoms with Crippen molar-refractivity contribution in [3.8, 4) is 0 Å². The summed E-state index contributed by atoms with van der Waals surface area (Å²) in [6.45, 7) is 0. The van der Waals surface area contributed by atoms with Crippen molar-refractivity contribution in [2.75, 3.05) is 0 Å². The smallest absolute Gasteiger partial charge is 0.355 e. The molecule has 0 amide bonds. The molecule has 1 aromatic carbocycles. The maximum absolute atomic E-state index is 12.8. The van der Waals surface area contributed by atoms with Crippen LogP contribution in [-0.4, -0.2) is 27.1 Å². The van der Waals surface area contributed by atoms with Gasteiger partial charge in [0.05, 0.1) is 5.56 Å². The maximum Gasteiger partial charge on any atom is 0.355 e. The van der Waals surface area contributed by atoms with Crippen molar-refractivity contribution in [3.05, 3.63) is 64.7 Å². The summed E-state index contributed by atoms with van der Waals surface area (Å²) >= 11 is 0. The fraction of sp³-hybridized carbons (Fsp3) is 0.0714. The summed E-state index contributed by atoms with van der Waals surface area (Å²) in [7, 11) is 0. The number of carboxylic acid groups (broad SMARTS) is 2. The summed E-state index contributed by atoms with van der Waals surface area (Å²) in [6.07, 6.45) is 1.65. The highest BCUT2D eigenvalue weighted by atomic mass is 19.1. The van der Waals surface area contributed by atoms with Crippen LogP contribution in [0.5, 0.6) is 0 Å². The summed E-state index contributed by atoms with van der Waals surface area (Å²) in [5.41, 5.74) is 0.448. The van der Waals surface area contributed by atoms with Gasteiger partial charge in [-0.05, 0) is 35.7 Å². The van der Waals surface area contributed by atoms with Crippen LogP contribution in [0.25, 0.3) is 0 Å². The molecule has 102 valence electrons. The summed E-state index contributed by atoms with van der Waals surface area (Å²) in [4.78, 5) is 25.5. The Balaban J connectivity index is 2.34. The van der Waals surface area contributed by atoms with Crippen LogP contribution >= 0.6 is 0 Å². The average Bonchev–Trinajstić information content (AvgIpc) is 2.41. The van der Waals surface area contributed by atoms with Crippen LogP contribution in [0.2, 0.25) is 0 Å². The molecule has 2 N–H and O–H groups in total. The number of pyridine rings is 1. The molecule has 0 spiro atoms. The molecule has 0 bridgehead atoms. The third kappa shape index (κ3) is 2.97. The molecule has 20 heavy (non-hydrogen) atoms. The zero-order chi connectivity index (χ0) is 14.7. The fourth-order valence-corrected chi connectivity index (χ4v) is 1.78. The molecule has 0 saturated heterocycles. The Morgan fingerprint density at radius 2 is 1.70 bits per heavy atom. The highest BCUT2D eigenvalue weighted by Gasteiger charge is 2.18. The van der Waals surface area contributed by atoms with Crippen molar-refractivity contribution in [1.29, 1.82) is 0 Å². The van der Waals surface area contributed by atoms with Crippen LogP contribution < -0.4 is 0 Å². The predicted molar refractivity (Wildman–Crippen MR) is 67.4 cm³/mol. The molecule has 1 aromatic heterocycles. The normalized spacial score (nSPS) is 10.2. The van der Waals surface area contributed by atoms with E-state index in [2.05, 4.69) is 4.98 Å². The standard InChI is InChI=1S/C14H10FNO4/c15-10-3-1-8(2-4-10)5-9-6-11(13(17)18)12(14(19)20)16-7-9/h1-4,6-7H,5H2,(H,17,18)(H,19,20). The van der Waals surface area contributed by atoms with Gasteiger partial charge in [0.25, 0.3) is 0 Å². The van der Waals surface area contributed by atoms with E-state index < -0.39 is 17.6 Å². The molecule has 0 aliphatic rings. The van der Waals surface area contributed by atoms with Crippen LogP contribution in [-0.2, 0) is 6.42 Å². The van der Waals surface area contributed by atoms with E-state index in [1.165, 1.54) is 24.4 Å². The predicted octanol–water partition coefficient (Wildman–Crippen LogP) is 2.21. The molecular formula is C14H10FNO4. The molecule has 5 nitrogen and oxygen atoms in total. The fourth-order valence-electron chi connectivity index (χ4n) is 1.78. The van der Waals surface area contributed by atoms with Gasteiger partial charge in [0.2, 0.25) is 0 Å². The van der Waals surface area contributed by atoms with Crippen molar-refractivity contribution in [1.82, 2.24) is 4.98 Å². The number of hydrogen-bond donors (Lipinski definition) is 2. The summed E-state index contributed by atoms with van der Waals surface area (Å²) in [6, 6.07) is 7.00. The molecule has 2 rings (SSSR count). The monoisotopic (exact) mass is 275 g/mol. The Morgan fingerprint density at radius 3 is 2.25 bits per heavy atom. The third-order valence-electron chi connectivity index (χ3n) is 2.70. The van der Waals surface area contributed by atoms with Crippen LogP contribution in [0.1, 0.15) is 32.0 Å². The molecule has 0 fully saturated rings. The Morgan fingerprint density at radius 1 is 1.05 bits per heavy atom. The zero-order valence-electron chi connectivity index (χ0n) is 10.2. The SMILES string of the molecule is O=C(O)c1cc(Cc2ccc(F)cc2)cnc1C(=O)O. The second-order valence-electron chi connectivity index (χ2n) is 4.15. The van der Waals surface area contributed by atoms with Gasteiger partial charge in [-0.1, -0.05) is 12.1 Å². The van der Waals surface area contributed by atoms with Gasteiger partial charge in [-0.3, -0.25) is 0 Å². The van der Waals surface area contributed by atoms with E-state index in [-0.39, 0.29) is 11.4 Å². The summed E-state index contributed by atoms with van der Waals surface area (Å²) in [5, 5.41) is 17.8. The lowest BCUT2D eigenvalue weighted by molar-refractivity contribution is 0.0646. The van der Waals surface area contributed by atoms with Gasteiger partial charge in [-0.15, -0.1) is 0 Å². The molecule has 1 heterocycles. The highest BCUT2D eigenvalue weighted by molar-refractivity contribution is 6.00. The number of carbonyl (C=O) groups is 2. The van der Waals surface area contributed by atoms with Crippen molar-refractivity contribution in [2.45, 2.75) is 6.42 Å². The summed E-state index contributed by atoms with van der Waals surface area (Å²) in [5.74, 6) is -3.11. The van der Waals surface area contributed by atoms with E-state index in [1.54, 1.807) is 12.1 Å². The van der Waals surface area contributed by atoms with Crippen LogP contribution in [0.3, 0.4) is 0 Å². The Labute approximate surface area is 113 Å². The first-order chi connectivity index (χ1) is 9.47. The molecule has 0 radical (unpaired) electrons. The molecular weight excluding hydrogens is 265 g/mol. The van der Waals surface area contributed by atoms with Crippen molar-refractivity contribution in [3.63, 3.8) is 0 Å². The lowest BCUT2D eigenvalue weighted by atomic mass is 10.0. The van der Waals surface area contributed by atoms with E-state index >= 15 is 0 Å². The van der Waals surface area contributed by atoms with Crippen molar-refractivity contribution >= 4 is 11.9 Å². The van der Waals surface area contributed by atoms with E-state index in [0.29, 0.717) is 12.0 Å². The van der Waals surface area contributed by atoms with E-state index in [9.17, 15) is 14.0 Å². The molecule has 0 aliphatic carbocycles. The molecule has 2 aromatic rings. The first-order valence-electron chi connectivity index (χ1n) is 5.67. The first-order valence-corrected chi connectivity index (χ1v) is 5.67. The van der Waals surface area contributed by atoms with Crippen LogP contribution in [0, 0.1) is 5.82 Å². The lowest BCUT2D eigenvalue weighted by Crippen LogP contribution is -2.11. The average molecular weight is 275 g/mol. The minimum Gasteiger partial charge on any atom is -0.478 e. The Kier molecular flexibility index (Phi) is 3.74. The topological polar surface area (TPSA) is 87.5 Å². The number of nitrogens with zero attached hydrogens (tertiary/aromatic N) is 1. The number of carboxylic acids is 2. The minimum atomic E-state index is -1.39. The largest absolute Gasteiger partial charge is 0.478 e. The number of aromatic carboxylic acids is 2. The Bertz CT molecular complexity index is 667. The molecule has 0 aliphatic heterocycles. The highest BCUT2D eigenvalue weighted by Crippen LogP contribution is 2.14. The Hall–Kier alpha value is -2.76. The van der Waals surface area contributed by atoms with Gasteiger partial charge >= 0.3 is 11.9 Å². The van der Waals surface area contributed by atoms with Crippen molar-refractivity contribution < 1.29 is 24.2 Å². The quantitative estimate of drug-likeness (QED) is 0.893.